The van der Waals surface area contributed by atoms with Crippen LogP contribution in [-0.4, -0.2) is 32.5 Å². The first-order valence-electron chi connectivity index (χ1n) is 6.94. The van der Waals surface area contributed by atoms with E-state index in [-0.39, 0.29) is 19.3 Å². The van der Waals surface area contributed by atoms with Crippen molar-refractivity contribution in [3.05, 3.63) is 29.3 Å². The van der Waals surface area contributed by atoms with E-state index in [2.05, 4.69) is 10.1 Å². The second-order valence-electron chi connectivity index (χ2n) is 4.84. The molecule has 0 fully saturated rings. The molecule has 1 unspecified atom stereocenters. The van der Waals surface area contributed by atoms with E-state index < -0.39 is 12.8 Å². The molecule has 21 heavy (non-hydrogen) atoms. The van der Waals surface area contributed by atoms with Crippen LogP contribution in [0.2, 0.25) is 0 Å². The quantitative estimate of drug-likeness (QED) is 0.744. The smallest absolute Gasteiger partial charge is 0.411 e. The average molecular weight is 305 g/mol. The van der Waals surface area contributed by atoms with Gasteiger partial charge in [-0.1, -0.05) is 19.1 Å². The maximum atomic E-state index is 11.9. The van der Waals surface area contributed by atoms with Crippen molar-refractivity contribution in [1.82, 2.24) is 5.32 Å². The first kappa shape index (κ1) is 17.8. The van der Waals surface area contributed by atoms with E-state index in [1.165, 1.54) is 0 Å². The summed E-state index contributed by atoms with van der Waals surface area (Å²) in [4.78, 5) is 0. The first-order chi connectivity index (χ1) is 9.83. The Morgan fingerprint density at radius 3 is 2.57 bits per heavy atom. The maximum Gasteiger partial charge on any atom is 0.411 e. The van der Waals surface area contributed by atoms with Gasteiger partial charge in [-0.3, -0.25) is 0 Å². The minimum Gasteiger partial charge on any atom is -0.491 e. The number of aryl methyl sites for hydroxylation is 1. The largest absolute Gasteiger partial charge is 0.491 e. The highest BCUT2D eigenvalue weighted by Gasteiger charge is 2.27. The predicted molar refractivity (Wildman–Crippen MR) is 75.6 cm³/mol. The molecule has 1 atom stereocenters. The second-order valence-corrected chi connectivity index (χ2v) is 4.84. The van der Waals surface area contributed by atoms with Crippen LogP contribution >= 0.6 is 0 Å². The van der Waals surface area contributed by atoms with Crippen LogP contribution in [0.1, 0.15) is 31.0 Å². The molecule has 1 N–H and O–H groups in total. The van der Waals surface area contributed by atoms with Crippen LogP contribution in [0, 0.1) is 6.92 Å². The van der Waals surface area contributed by atoms with Crippen LogP contribution in [0.4, 0.5) is 13.2 Å². The molecule has 0 aliphatic rings. The summed E-state index contributed by atoms with van der Waals surface area (Å²) < 4.78 is 45.9. The van der Waals surface area contributed by atoms with Crippen LogP contribution < -0.4 is 10.1 Å². The lowest BCUT2D eigenvalue weighted by Crippen LogP contribution is -2.21. The van der Waals surface area contributed by atoms with Crippen LogP contribution in [0.5, 0.6) is 5.75 Å². The van der Waals surface area contributed by atoms with E-state index in [0.29, 0.717) is 5.75 Å². The van der Waals surface area contributed by atoms with E-state index in [9.17, 15) is 13.2 Å². The molecule has 0 saturated heterocycles. The van der Waals surface area contributed by atoms with Crippen molar-refractivity contribution in [2.24, 2.45) is 0 Å². The molecule has 0 aliphatic heterocycles. The van der Waals surface area contributed by atoms with Gasteiger partial charge in [0.05, 0.1) is 6.61 Å². The van der Waals surface area contributed by atoms with Gasteiger partial charge in [0.1, 0.15) is 19.0 Å². The lowest BCUT2D eigenvalue weighted by atomic mass is 10.0. The summed E-state index contributed by atoms with van der Waals surface area (Å²) >= 11 is 0. The number of benzene rings is 1. The molecular weight excluding hydrogens is 283 g/mol. The standard InChI is InChI=1S/C15H22F3NO2/c1-4-19-12(3)13-6-5-11(2)9-14(13)21-8-7-20-10-15(16,17)18/h5-6,9,12,19H,4,7-8,10H2,1-3H3. The van der Waals surface area contributed by atoms with Crippen LogP contribution in [0.3, 0.4) is 0 Å². The topological polar surface area (TPSA) is 30.5 Å². The van der Waals surface area contributed by atoms with E-state index in [4.69, 9.17) is 4.74 Å². The molecule has 0 amide bonds. The van der Waals surface area contributed by atoms with Gasteiger partial charge in [0, 0.05) is 11.6 Å². The number of nitrogens with one attached hydrogen (secondary N) is 1. The van der Waals surface area contributed by atoms with E-state index in [0.717, 1.165) is 17.7 Å². The number of ether oxygens (including phenoxy) is 2. The molecule has 3 nitrogen and oxygen atoms in total. The SMILES string of the molecule is CCNC(C)c1ccc(C)cc1OCCOCC(F)(F)F. The molecule has 1 rings (SSSR count). The zero-order valence-electron chi connectivity index (χ0n) is 12.6. The van der Waals surface area contributed by atoms with Gasteiger partial charge in [-0.2, -0.15) is 13.2 Å². The Hall–Kier alpha value is -1.27. The highest BCUT2D eigenvalue weighted by atomic mass is 19.4. The molecule has 1 aromatic rings. The summed E-state index contributed by atoms with van der Waals surface area (Å²) in [6.45, 7) is 5.54. The number of hydrogen-bond donors (Lipinski definition) is 1. The van der Waals surface area contributed by atoms with Gasteiger partial charge in [0.2, 0.25) is 0 Å². The molecular formula is C15H22F3NO2. The third kappa shape index (κ3) is 6.82. The van der Waals surface area contributed by atoms with E-state index in [1.54, 1.807) is 0 Å². The molecule has 0 heterocycles. The Balaban J connectivity index is 2.55. The minimum absolute atomic E-state index is 0.0887. The van der Waals surface area contributed by atoms with Crippen molar-refractivity contribution in [1.29, 1.82) is 0 Å². The van der Waals surface area contributed by atoms with E-state index >= 15 is 0 Å². The van der Waals surface area contributed by atoms with Gasteiger partial charge in [0.25, 0.3) is 0 Å². The molecule has 0 aromatic heterocycles. The first-order valence-corrected chi connectivity index (χ1v) is 6.94. The summed E-state index contributed by atoms with van der Waals surface area (Å²) in [7, 11) is 0. The molecule has 1 aromatic carbocycles. The zero-order chi connectivity index (χ0) is 15.9. The maximum absolute atomic E-state index is 11.9. The molecule has 0 aliphatic carbocycles. The van der Waals surface area contributed by atoms with Gasteiger partial charge in [-0.15, -0.1) is 0 Å². The summed E-state index contributed by atoms with van der Waals surface area (Å²) in [6.07, 6.45) is -4.30. The summed E-state index contributed by atoms with van der Waals surface area (Å²) in [5.41, 5.74) is 2.02. The van der Waals surface area contributed by atoms with Crippen LogP contribution in [0.25, 0.3) is 0 Å². The lowest BCUT2D eigenvalue weighted by molar-refractivity contribution is -0.175. The molecule has 0 spiro atoms. The van der Waals surface area contributed by atoms with Gasteiger partial charge in [-0.05, 0) is 32.0 Å². The monoisotopic (exact) mass is 305 g/mol. The molecule has 0 saturated carbocycles. The lowest BCUT2D eigenvalue weighted by Gasteiger charge is -2.18. The van der Waals surface area contributed by atoms with Crippen molar-refractivity contribution < 1.29 is 22.6 Å². The Morgan fingerprint density at radius 2 is 1.95 bits per heavy atom. The Kier molecular flexibility index (Phi) is 6.98. The van der Waals surface area contributed by atoms with Gasteiger partial charge in [0.15, 0.2) is 0 Å². The number of hydrogen-bond acceptors (Lipinski definition) is 3. The fourth-order valence-electron chi connectivity index (χ4n) is 1.94. The molecule has 120 valence electrons. The van der Waals surface area contributed by atoms with Gasteiger partial charge in [-0.25, -0.2) is 0 Å². The van der Waals surface area contributed by atoms with Gasteiger partial charge >= 0.3 is 6.18 Å². The summed E-state index contributed by atoms with van der Waals surface area (Å²) in [5.74, 6) is 0.680. The fourth-order valence-corrected chi connectivity index (χ4v) is 1.94. The Labute approximate surface area is 123 Å². The fraction of sp³-hybridized carbons (Fsp3) is 0.600. The highest BCUT2D eigenvalue weighted by Crippen LogP contribution is 2.26. The van der Waals surface area contributed by atoms with Crippen molar-refractivity contribution in [2.75, 3.05) is 26.4 Å². The number of alkyl halides is 3. The third-order valence-corrected chi connectivity index (χ3v) is 2.90. The van der Waals surface area contributed by atoms with Crippen molar-refractivity contribution in [3.8, 4) is 5.75 Å². The second kappa shape index (κ2) is 8.24. The Bertz CT molecular complexity index is 435. The Morgan fingerprint density at radius 1 is 1.24 bits per heavy atom. The minimum atomic E-state index is -4.30. The summed E-state index contributed by atoms with van der Waals surface area (Å²) in [5, 5.41) is 3.28. The predicted octanol–water partition coefficient (Wildman–Crippen LogP) is 3.62. The number of halogens is 3. The van der Waals surface area contributed by atoms with Crippen LogP contribution in [0.15, 0.2) is 18.2 Å². The molecule has 0 radical (unpaired) electrons. The van der Waals surface area contributed by atoms with Crippen LogP contribution in [-0.2, 0) is 4.74 Å². The van der Waals surface area contributed by atoms with Gasteiger partial charge < -0.3 is 14.8 Å². The average Bonchev–Trinajstić information content (AvgIpc) is 2.37. The molecule has 6 heteroatoms. The number of rotatable bonds is 8. The van der Waals surface area contributed by atoms with E-state index in [1.807, 2.05) is 39.0 Å². The van der Waals surface area contributed by atoms with Crippen molar-refractivity contribution in [3.63, 3.8) is 0 Å². The van der Waals surface area contributed by atoms with Crippen molar-refractivity contribution >= 4 is 0 Å². The third-order valence-electron chi connectivity index (χ3n) is 2.90. The normalized spacial score (nSPS) is 13.2. The molecule has 0 bridgehead atoms. The van der Waals surface area contributed by atoms with Crippen molar-refractivity contribution in [2.45, 2.75) is 33.0 Å². The highest BCUT2D eigenvalue weighted by molar-refractivity contribution is 5.39. The summed E-state index contributed by atoms with van der Waals surface area (Å²) in [6, 6.07) is 5.94. The zero-order valence-corrected chi connectivity index (χ0v) is 12.6.